The lowest BCUT2D eigenvalue weighted by molar-refractivity contribution is 0.233. The fourth-order valence-electron chi connectivity index (χ4n) is 1.12. The molecule has 2 N–H and O–H groups in total. The molecule has 0 aromatic carbocycles. The van der Waals surface area contributed by atoms with Gasteiger partial charge in [-0.25, -0.2) is 0 Å². The van der Waals surface area contributed by atoms with Crippen molar-refractivity contribution in [2.45, 2.75) is 19.8 Å². The second-order valence-electron chi connectivity index (χ2n) is 3.26. The van der Waals surface area contributed by atoms with Crippen LogP contribution in [0, 0.1) is 0 Å². The van der Waals surface area contributed by atoms with Crippen LogP contribution in [0.1, 0.15) is 19.8 Å². The minimum atomic E-state index is 0.154. The van der Waals surface area contributed by atoms with E-state index in [0.29, 0.717) is 13.0 Å². The number of anilines is 1. The van der Waals surface area contributed by atoms with E-state index in [9.17, 15) is 0 Å². The molecular formula is C11H18N2O2. The van der Waals surface area contributed by atoms with Gasteiger partial charge in [0.05, 0.1) is 24.7 Å². The molecule has 4 heteroatoms. The number of aliphatic hydroxyl groups excluding tert-OH is 1. The van der Waals surface area contributed by atoms with Gasteiger partial charge in [0.1, 0.15) is 5.75 Å². The quantitative estimate of drug-likeness (QED) is 0.672. The molecule has 0 saturated carbocycles. The highest BCUT2D eigenvalue weighted by Gasteiger charge is 1.96. The summed E-state index contributed by atoms with van der Waals surface area (Å²) in [7, 11) is 0. The van der Waals surface area contributed by atoms with E-state index in [0.717, 1.165) is 24.4 Å². The minimum Gasteiger partial charge on any atom is -0.492 e. The number of nitrogens with zero attached hydrogens (tertiary/aromatic N) is 1. The molecule has 84 valence electrons. The normalized spacial score (nSPS) is 10.0. The molecule has 0 aliphatic rings. The van der Waals surface area contributed by atoms with E-state index in [1.165, 1.54) is 0 Å². The summed E-state index contributed by atoms with van der Waals surface area (Å²) in [5, 5.41) is 11.8. The number of hydrogen-bond donors (Lipinski definition) is 2. The minimum absolute atomic E-state index is 0.154. The van der Waals surface area contributed by atoms with Crippen molar-refractivity contribution in [3.8, 4) is 5.75 Å². The molecule has 0 fully saturated rings. The van der Waals surface area contributed by atoms with Gasteiger partial charge in [0.2, 0.25) is 0 Å². The maximum Gasteiger partial charge on any atom is 0.139 e. The van der Waals surface area contributed by atoms with E-state index in [1.807, 2.05) is 6.07 Å². The van der Waals surface area contributed by atoms with Crippen LogP contribution in [0.15, 0.2) is 18.5 Å². The molecule has 0 bridgehead atoms. The zero-order valence-corrected chi connectivity index (χ0v) is 9.07. The Bertz CT molecular complexity index is 279. The summed E-state index contributed by atoms with van der Waals surface area (Å²) in [6.45, 7) is 3.72. The first-order valence-electron chi connectivity index (χ1n) is 5.29. The van der Waals surface area contributed by atoms with Crippen LogP contribution in [0.4, 0.5) is 5.69 Å². The largest absolute Gasteiger partial charge is 0.492 e. The van der Waals surface area contributed by atoms with Gasteiger partial charge in [-0.15, -0.1) is 0 Å². The SMILES string of the molecule is CCCNc1cncc(OCCCO)c1. The van der Waals surface area contributed by atoms with Crippen molar-refractivity contribution in [2.24, 2.45) is 0 Å². The molecule has 1 heterocycles. The van der Waals surface area contributed by atoms with Gasteiger partial charge >= 0.3 is 0 Å². The van der Waals surface area contributed by atoms with Crippen molar-refractivity contribution in [3.63, 3.8) is 0 Å². The van der Waals surface area contributed by atoms with Crippen LogP contribution >= 0.6 is 0 Å². The average molecular weight is 210 g/mol. The first-order chi connectivity index (χ1) is 7.36. The smallest absolute Gasteiger partial charge is 0.139 e. The summed E-state index contributed by atoms with van der Waals surface area (Å²) in [6.07, 6.45) is 5.17. The predicted octanol–water partition coefficient (Wildman–Crippen LogP) is 1.66. The molecule has 0 saturated heterocycles. The fourth-order valence-corrected chi connectivity index (χ4v) is 1.12. The molecule has 15 heavy (non-hydrogen) atoms. The highest BCUT2D eigenvalue weighted by Crippen LogP contribution is 2.15. The number of pyridine rings is 1. The highest BCUT2D eigenvalue weighted by molar-refractivity contribution is 5.44. The van der Waals surface area contributed by atoms with Gasteiger partial charge in [-0.1, -0.05) is 6.92 Å². The Hall–Kier alpha value is -1.29. The Morgan fingerprint density at radius 1 is 1.47 bits per heavy atom. The number of hydrogen-bond acceptors (Lipinski definition) is 4. The number of nitrogens with one attached hydrogen (secondary N) is 1. The Kier molecular flexibility index (Phi) is 5.55. The number of rotatable bonds is 7. The zero-order valence-electron chi connectivity index (χ0n) is 9.07. The predicted molar refractivity (Wildman–Crippen MR) is 60.2 cm³/mol. The molecule has 1 aromatic heterocycles. The topological polar surface area (TPSA) is 54.4 Å². The highest BCUT2D eigenvalue weighted by atomic mass is 16.5. The monoisotopic (exact) mass is 210 g/mol. The molecule has 0 unspecified atom stereocenters. The van der Waals surface area contributed by atoms with Crippen LogP contribution < -0.4 is 10.1 Å². The molecule has 4 nitrogen and oxygen atoms in total. The van der Waals surface area contributed by atoms with Gasteiger partial charge < -0.3 is 15.2 Å². The van der Waals surface area contributed by atoms with Crippen LogP contribution in [0.3, 0.4) is 0 Å². The molecule has 0 amide bonds. The van der Waals surface area contributed by atoms with Crippen molar-refractivity contribution in [1.82, 2.24) is 4.98 Å². The maximum atomic E-state index is 8.61. The van der Waals surface area contributed by atoms with E-state index in [2.05, 4.69) is 17.2 Å². The van der Waals surface area contributed by atoms with Crippen molar-refractivity contribution >= 4 is 5.69 Å². The van der Waals surface area contributed by atoms with Crippen LogP contribution in [-0.4, -0.2) is 29.8 Å². The first kappa shape index (κ1) is 11.8. The lowest BCUT2D eigenvalue weighted by Crippen LogP contribution is -2.02. The molecule has 1 rings (SSSR count). The van der Waals surface area contributed by atoms with Crippen molar-refractivity contribution in [3.05, 3.63) is 18.5 Å². The van der Waals surface area contributed by atoms with E-state index in [-0.39, 0.29) is 6.61 Å². The molecule has 0 radical (unpaired) electrons. The standard InChI is InChI=1S/C11H18N2O2/c1-2-4-13-10-7-11(9-12-8-10)15-6-3-5-14/h7-9,13-14H,2-6H2,1H3. The van der Waals surface area contributed by atoms with E-state index in [4.69, 9.17) is 9.84 Å². The van der Waals surface area contributed by atoms with Crippen molar-refractivity contribution in [2.75, 3.05) is 25.1 Å². The number of ether oxygens (including phenoxy) is 1. The third-order valence-corrected chi connectivity index (χ3v) is 1.86. The Balaban J connectivity index is 2.42. The molecular weight excluding hydrogens is 192 g/mol. The summed E-state index contributed by atoms with van der Waals surface area (Å²) in [5.41, 5.74) is 0.971. The lowest BCUT2D eigenvalue weighted by Gasteiger charge is -2.07. The van der Waals surface area contributed by atoms with Gasteiger partial charge in [-0.2, -0.15) is 0 Å². The fraction of sp³-hybridized carbons (Fsp3) is 0.545. The lowest BCUT2D eigenvalue weighted by atomic mass is 10.3. The van der Waals surface area contributed by atoms with Gasteiger partial charge in [-0.3, -0.25) is 4.98 Å². The van der Waals surface area contributed by atoms with Gasteiger partial charge in [0.15, 0.2) is 0 Å². The summed E-state index contributed by atoms with van der Waals surface area (Å²) in [5.74, 6) is 0.740. The van der Waals surface area contributed by atoms with Crippen LogP contribution in [0.2, 0.25) is 0 Å². The van der Waals surface area contributed by atoms with Crippen LogP contribution in [-0.2, 0) is 0 Å². The third-order valence-electron chi connectivity index (χ3n) is 1.86. The van der Waals surface area contributed by atoms with Crippen molar-refractivity contribution in [1.29, 1.82) is 0 Å². The maximum absolute atomic E-state index is 8.61. The first-order valence-corrected chi connectivity index (χ1v) is 5.29. The average Bonchev–Trinajstić information content (AvgIpc) is 2.27. The van der Waals surface area contributed by atoms with Gasteiger partial charge in [-0.05, 0) is 6.42 Å². The Labute approximate surface area is 90.3 Å². The van der Waals surface area contributed by atoms with Gasteiger partial charge in [0.25, 0.3) is 0 Å². The summed E-state index contributed by atoms with van der Waals surface area (Å²) >= 11 is 0. The second kappa shape index (κ2) is 7.06. The van der Waals surface area contributed by atoms with E-state index < -0.39 is 0 Å². The Morgan fingerprint density at radius 3 is 3.07 bits per heavy atom. The molecule has 0 aliphatic carbocycles. The Morgan fingerprint density at radius 2 is 2.33 bits per heavy atom. The molecule has 0 aliphatic heterocycles. The third kappa shape index (κ3) is 4.65. The van der Waals surface area contributed by atoms with E-state index in [1.54, 1.807) is 12.4 Å². The second-order valence-corrected chi connectivity index (χ2v) is 3.26. The number of aromatic nitrogens is 1. The van der Waals surface area contributed by atoms with Crippen molar-refractivity contribution < 1.29 is 9.84 Å². The van der Waals surface area contributed by atoms with E-state index >= 15 is 0 Å². The summed E-state index contributed by atoms with van der Waals surface area (Å²) < 4.78 is 5.40. The number of aliphatic hydroxyl groups is 1. The molecule has 1 aromatic rings. The zero-order chi connectivity index (χ0) is 10.9. The van der Waals surface area contributed by atoms with Crippen LogP contribution in [0.5, 0.6) is 5.75 Å². The molecule has 0 spiro atoms. The molecule has 0 atom stereocenters. The summed E-state index contributed by atoms with van der Waals surface area (Å²) in [6, 6.07) is 1.92. The summed E-state index contributed by atoms with van der Waals surface area (Å²) in [4.78, 5) is 4.07. The van der Waals surface area contributed by atoms with Crippen LogP contribution in [0.25, 0.3) is 0 Å². The van der Waals surface area contributed by atoms with Gasteiger partial charge in [0, 0.05) is 25.6 Å².